The van der Waals surface area contributed by atoms with Crippen molar-refractivity contribution in [1.29, 1.82) is 0 Å². The third kappa shape index (κ3) is 2.23. The van der Waals surface area contributed by atoms with Gasteiger partial charge in [0.1, 0.15) is 0 Å². The number of rotatable bonds is 2. The summed E-state index contributed by atoms with van der Waals surface area (Å²) in [5, 5.41) is 15.8. The predicted octanol–water partition coefficient (Wildman–Crippen LogP) is 2.50. The van der Waals surface area contributed by atoms with Crippen LogP contribution >= 0.6 is 23.7 Å². The molecule has 0 unspecified atom stereocenters. The van der Waals surface area contributed by atoms with Gasteiger partial charge in [-0.15, -0.1) is 12.4 Å². The van der Waals surface area contributed by atoms with Gasteiger partial charge in [0, 0.05) is 17.5 Å². The molecule has 0 saturated carbocycles. The van der Waals surface area contributed by atoms with Gasteiger partial charge in [-0.3, -0.25) is 10.1 Å². The van der Waals surface area contributed by atoms with Gasteiger partial charge in [0.05, 0.1) is 4.92 Å². The SMILES string of the molecule is Cl.O=[N+]([O-])c1cc([C@H]2CCCN2)cs1. The molecule has 2 heterocycles. The summed E-state index contributed by atoms with van der Waals surface area (Å²) < 4.78 is 0. The maximum absolute atomic E-state index is 10.4. The van der Waals surface area contributed by atoms with Crippen LogP contribution in [0.2, 0.25) is 0 Å². The number of nitrogens with zero attached hydrogens (tertiary/aromatic N) is 1. The van der Waals surface area contributed by atoms with Gasteiger partial charge in [0.15, 0.2) is 0 Å². The largest absolute Gasteiger partial charge is 0.324 e. The molecule has 1 aromatic heterocycles. The number of halogens is 1. The van der Waals surface area contributed by atoms with E-state index in [1.165, 1.54) is 11.3 Å². The van der Waals surface area contributed by atoms with E-state index in [-0.39, 0.29) is 22.3 Å². The van der Waals surface area contributed by atoms with Crippen molar-refractivity contribution in [3.63, 3.8) is 0 Å². The third-order valence-electron chi connectivity index (χ3n) is 2.25. The van der Waals surface area contributed by atoms with Gasteiger partial charge in [-0.05, 0) is 24.9 Å². The van der Waals surface area contributed by atoms with Gasteiger partial charge >= 0.3 is 5.00 Å². The molecule has 0 radical (unpaired) electrons. The van der Waals surface area contributed by atoms with Gasteiger partial charge in [-0.25, -0.2) is 0 Å². The van der Waals surface area contributed by atoms with E-state index in [1.807, 2.05) is 5.38 Å². The highest BCUT2D eigenvalue weighted by Crippen LogP contribution is 2.30. The topological polar surface area (TPSA) is 55.2 Å². The summed E-state index contributed by atoms with van der Waals surface area (Å²) in [4.78, 5) is 10.1. The van der Waals surface area contributed by atoms with Gasteiger partial charge < -0.3 is 5.32 Å². The highest BCUT2D eigenvalue weighted by molar-refractivity contribution is 7.13. The first-order valence-corrected chi connectivity index (χ1v) is 5.11. The first-order chi connectivity index (χ1) is 6.27. The minimum absolute atomic E-state index is 0. The summed E-state index contributed by atoms with van der Waals surface area (Å²) in [5.74, 6) is 0. The maximum Gasteiger partial charge on any atom is 0.324 e. The molecule has 1 aliphatic heterocycles. The van der Waals surface area contributed by atoms with E-state index >= 15 is 0 Å². The summed E-state index contributed by atoms with van der Waals surface area (Å²) in [7, 11) is 0. The van der Waals surface area contributed by atoms with Crippen molar-refractivity contribution < 1.29 is 4.92 Å². The average Bonchev–Trinajstić information content (AvgIpc) is 2.75. The Kier molecular flexibility index (Phi) is 3.86. The molecule has 6 heteroatoms. The standard InChI is InChI=1S/C8H10N2O2S.ClH/c11-10(12)8-4-6(5-13-8)7-2-1-3-9-7;/h4-5,7,9H,1-3H2;1H/t7-;/m1./s1. The smallest absolute Gasteiger partial charge is 0.310 e. The van der Waals surface area contributed by atoms with E-state index in [0.29, 0.717) is 6.04 Å². The van der Waals surface area contributed by atoms with Crippen molar-refractivity contribution in [2.75, 3.05) is 6.54 Å². The molecule has 4 nitrogen and oxygen atoms in total. The fourth-order valence-corrected chi connectivity index (χ4v) is 2.37. The molecule has 1 N–H and O–H groups in total. The number of hydrogen-bond donors (Lipinski definition) is 1. The quantitative estimate of drug-likeness (QED) is 0.632. The Morgan fingerprint density at radius 3 is 2.93 bits per heavy atom. The molecule has 1 aromatic rings. The summed E-state index contributed by atoms with van der Waals surface area (Å²) in [6.07, 6.45) is 2.25. The summed E-state index contributed by atoms with van der Waals surface area (Å²) in [6.45, 7) is 1.02. The zero-order valence-electron chi connectivity index (χ0n) is 7.43. The van der Waals surface area contributed by atoms with Crippen molar-refractivity contribution in [1.82, 2.24) is 5.32 Å². The Morgan fingerprint density at radius 2 is 2.43 bits per heavy atom. The maximum atomic E-state index is 10.4. The van der Waals surface area contributed by atoms with Gasteiger partial charge in [-0.2, -0.15) is 0 Å². The molecular weight excluding hydrogens is 224 g/mol. The minimum atomic E-state index is -0.330. The number of hydrogen-bond acceptors (Lipinski definition) is 4. The second kappa shape index (κ2) is 4.72. The van der Waals surface area contributed by atoms with Gasteiger partial charge in [0.2, 0.25) is 0 Å². The minimum Gasteiger partial charge on any atom is -0.310 e. The molecule has 1 atom stereocenters. The Morgan fingerprint density at radius 1 is 1.64 bits per heavy atom. The van der Waals surface area contributed by atoms with Crippen LogP contribution < -0.4 is 5.32 Å². The molecule has 78 valence electrons. The summed E-state index contributed by atoms with van der Waals surface area (Å²) in [6, 6.07) is 2.01. The molecule has 2 rings (SSSR count). The molecule has 1 saturated heterocycles. The molecule has 1 fully saturated rings. The van der Waals surface area contributed by atoms with Gasteiger partial charge in [0.25, 0.3) is 0 Å². The van der Waals surface area contributed by atoms with E-state index in [2.05, 4.69) is 5.32 Å². The lowest BCUT2D eigenvalue weighted by atomic mass is 10.1. The highest BCUT2D eigenvalue weighted by Gasteiger charge is 2.20. The molecule has 0 aliphatic carbocycles. The van der Waals surface area contributed by atoms with Crippen LogP contribution in [0.3, 0.4) is 0 Å². The van der Waals surface area contributed by atoms with E-state index in [9.17, 15) is 10.1 Å². The monoisotopic (exact) mass is 234 g/mol. The molecule has 1 aliphatic rings. The molecule has 0 aromatic carbocycles. The van der Waals surface area contributed by atoms with Crippen LogP contribution in [0.5, 0.6) is 0 Å². The lowest BCUT2D eigenvalue weighted by Gasteiger charge is -2.05. The molecule has 0 bridgehead atoms. The van der Waals surface area contributed by atoms with Crippen molar-refractivity contribution in [2.24, 2.45) is 0 Å². The summed E-state index contributed by atoms with van der Waals surface area (Å²) in [5.41, 5.74) is 1.06. The van der Waals surface area contributed by atoms with Crippen LogP contribution in [-0.4, -0.2) is 11.5 Å². The fourth-order valence-electron chi connectivity index (χ4n) is 1.59. The molecular formula is C8H11ClN2O2S. The van der Waals surface area contributed by atoms with Crippen molar-refractivity contribution >= 4 is 28.7 Å². The van der Waals surface area contributed by atoms with Crippen LogP contribution in [-0.2, 0) is 0 Å². The Bertz CT molecular complexity index is 323. The number of nitrogens with one attached hydrogen (secondary N) is 1. The van der Waals surface area contributed by atoms with Crippen LogP contribution in [0.15, 0.2) is 11.4 Å². The Labute approximate surface area is 91.9 Å². The number of thiophene rings is 1. The van der Waals surface area contributed by atoms with Crippen LogP contribution in [0.4, 0.5) is 5.00 Å². The first kappa shape index (κ1) is 11.4. The second-order valence-corrected chi connectivity index (χ2v) is 4.01. The van der Waals surface area contributed by atoms with E-state index in [4.69, 9.17) is 0 Å². The van der Waals surface area contributed by atoms with Crippen LogP contribution in [0, 0.1) is 10.1 Å². The normalized spacial score (nSPS) is 20.4. The summed E-state index contributed by atoms with van der Waals surface area (Å²) >= 11 is 1.21. The lowest BCUT2D eigenvalue weighted by Crippen LogP contribution is -2.11. The highest BCUT2D eigenvalue weighted by atomic mass is 35.5. The Balaban J connectivity index is 0.000000980. The van der Waals surface area contributed by atoms with Crippen LogP contribution in [0.25, 0.3) is 0 Å². The van der Waals surface area contributed by atoms with Crippen LogP contribution in [0.1, 0.15) is 24.4 Å². The van der Waals surface area contributed by atoms with E-state index < -0.39 is 0 Å². The second-order valence-electron chi connectivity index (χ2n) is 3.12. The Hall–Kier alpha value is -0.650. The fraction of sp³-hybridized carbons (Fsp3) is 0.500. The van der Waals surface area contributed by atoms with Crippen molar-refractivity contribution in [2.45, 2.75) is 18.9 Å². The van der Waals surface area contributed by atoms with E-state index in [1.54, 1.807) is 6.07 Å². The molecule has 0 spiro atoms. The predicted molar refractivity (Wildman–Crippen MR) is 58.2 cm³/mol. The van der Waals surface area contributed by atoms with Crippen molar-refractivity contribution in [3.8, 4) is 0 Å². The van der Waals surface area contributed by atoms with Gasteiger partial charge in [-0.1, -0.05) is 11.3 Å². The average molecular weight is 235 g/mol. The van der Waals surface area contributed by atoms with E-state index in [0.717, 1.165) is 24.9 Å². The first-order valence-electron chi connectivity index (χ1n) is 4.23. The number of nitro groups is 1. The lowest BCUT2D eigenvalue weighted by molar-refractivity contribution is -0.380. The zero-order valence-corrected chi connectivity index (χ0v) is 9.07. The van der Waals surface area contributed by atoms with Crippen molar-refractivity contribution in [3.05, 3.63) is 27.1 Å². The zero-order chi connectivity index (χ0) is 9.26. The molecule has 14 heavy (non-hydrogen) atoms. The third-order valence-corrected chi connectivity index (χ3v) is 3.15. The molecule has 0 amide bonds.